The van der Waals surface area contributed by atoms with Gasteiger partial charge in [-0.3, -0.25) is 4.98 Å². The van der Waals surface area contributed by atoms with E-state index in [0.717, 1.165) is 5.82 Å². The summed E-state index contributed by atoms with van der Waals surface area (Å²) in [7, 11) is 0. The van der Waals surface area contributed by atoms with Crippen molar-refractivity contribution in [1.29, 1.82) is 0 Å². The van der Waals surface area contributed by atoms with Crippen LogP contribution in [-0.4, -0.2) is 21.1 Å². The van der Waals surface area contributed by atoms with Gasteiger partial charge in [-0.2, -0.15) is 0 Å². The van der Waals surface area contributed by atoms with Gasteiger partial charge in [0, 0.05) is 37.3 Å². The van der Waals surface area contributed by atoms with E-state index in [9.17, 15) is 0 Å². The van der Waals surface area contributed by atoms with Crippen LogP contribution in [-0.2, 0) is 0 Å². The zero-order chi connectivity index (χ0) is 12.3. The molecule has 0 aliphatic rings. The number of imidazole rings is 1. The van der Waals surface area contributed by atoms with E-state index < -0.39 is 0 Å². The molecule has 0 aliphatic carbocycles. The standard InChI is InChI=1S/C13H18N4/c1-10(2)13-16-7-8-17(13)12(9-14)11-3-5-15-6-4-11/h3-8,10,12H,9,14H2,1-2H3. The van der Waals surface area contributed by atoms with Crippen LogP contribution in [0.5, 0.6) is 0 Å². The monoisotopic (exact) mass is 230 g/mol. The fraction of sp³-hybridized carbons (Fsp3) is 0.385. The second-order valence-electron chi connectivity index (χ2n) is 4.38. The van der Waals surface area contributed by atoms with Crippen molar-refractivity contribution in [1.82, 2.24) is 14.5 Å². The van der Waals surface area contributed by atoms with Crippen LogP contribution in [0.25, 0.3) is 0 Å². The van der Waals surface area contributed by atoms with Crippen LogP contribution in [0.1, 0.15) is 37.2 Å². The third kappa shape index (κ3) is 2.36. The Kier molecular flexibility index (Phi) is 3.54. The van der Waals surface area contributed by atoms with Crippen molar-refractivity contribution in [3.63, 3.8) is 0 Å². The maximum atomic E-state index is 5.90. The first-order valence-electron chi connectivity index (χ1n) is 5.86. The Hall–Kier alpha value is -1.68. The number of nitrogens with zero attached hydrogens (tertiary/aromatic N) is 3. The fourth-order valence-corrected chi connectivity index (χ4v) is 2.03. The molecule has 4 heteroatoms. The van der Waals surface area contributed by atoms with Gasteiger partial charge in [-0.05, 0) is 17.7 Å². The van der Waals surface area contributed by atoms with Gasteiger partial charge in [0.25, 0.3) is 0 Å². The summed E-state index contributed by atoms with van der Waals surface area (Å²) in [6, 6.07) is 4.14. The van der Waals surface area contributed by atoms with Crippen LogP contribution in [0.2, 0.25) is 0 Å². The highest BCUT2D eigenvalue weighted by Gasteiger charge is 2.16. The van der Waals surface area contributed by atoms with Gasteiger partial charge in [-0.1, -0.05) is 13.8 Å². The predicted molar refractivity (Wildman–Crippen MR) is 67.7 cm³/mol. The molecular formula is C13H18N4. The van der Waals surface area contributed by atoms with Crippen molar-refractivity contribution < 1.29 is 0 Å². The van der Waals surface area contributed by atoms with E-state index in [1.165, 1.54) is 5.56 Å². The number of pyridine rings is 1. The van der Waals surface area contributed by atoms with Gasteiger partial charge >= 0.3 is 0 Å². The molecule has 2 heterocycles. The second kappa shape index (κ2) is 5.10. The van der Waals surface area contributed by atoms with Crippen molar-refractivity contribution in [2.75, 3.05) is 6.54 Å². The van der Waals surface area contributed by atoms with Gasteiger partial charge in [-0.25, -0.2) is 4.98 Å². The maximum Gasteiger partial charge on any atom is 0.111 e. The number of hydrogen-bond acceptors (Lipinski definition) is 3. The van der Waals surface area contributed by atoms with Crippen LogP contribution in [0.3, 0.4) is 0 Å². The summed E-state index contributed by atoms with van der Waals surface area (Å²) in [6.45, 7) is 4.83. The molecule has 4 nitrogen and oxygen atoms in total. The minimum absolute atomic E-state index is 0.137. The zero-order valence-corrected chi connectivity index (χ0v) is 10.2. The molecule has 2 rings (SSSR count). The normalized spacial score (nSPS) is 12.9. The Morgan fingerprint density at radius 3 is 2.53 bits per heavy atom. The molecule has 90 valence electrons. The maximum absolute atomic E-state index is 5.90. The summed E-state index contributed by atoms with van der Waals surface area (Å²) < 4.78 is 2.15. The molecule has 0 radical (unpaired) electrons. The Labute approximate surface area is 102 Å². The van der Waals surface area contributed by atoms with Crippen molar-refractivity contribution in [2.24, 2.45) is 5.73 Å². The van der Waals surface area contributed by atoms with E-state index in [0.29, 0.717) is 12.5 Å². The van der Waals surface area contributed by atoms with Crippen molar-refractivity contribution >= 4 is 0 Å². The van der Waals surface area contributed by atoms with E-state index in [-0.39, 0.29) is 6.04 Å². The molecule has 0 saturated heterocycles. The number of hydrogen-bond donors (Lipinski definition) is 1. The third-order valence-electron chi connectivity index (χ3n) is 2.86. The Balaban J connectivity index is 2.39. The highest BCUT2D eigenvalue weighted by molar-refractivity contribution is 5.18. The van der Waals surface area contributed by atoms with Gasteiger partial charge in [0.2, 0.25) is 0 Å². The zero-order valence-electron chi connectivity index (χ0n) is 10.2. The smallest absolute Gasteiger partial charge is 0.111 e. The first kappa shape index (κ1) is 11.8. The average molecular weight is 230 g/mol. The SMILES string of the molecule is CC(C)c1nccn1C(CN)c1ccncc1. The Morgan fingerprint density at radius 2 is 1.94 bits per heavy atom. The van der Waals surface area contributed by atoms with E-state index in [4.69, 9.17) is 5.73 Å². The lowest BCUT2D eigenvalue weighted by molar-refractivity contribution is 0.548. The molecule has 0 amide bonds. The van der Waals surface area contributed by atoms with Crippen LogP contribution in [0.4, 0.5) is 0 Å². The summed E-state index contributed by atoms with van der Waals surface area (Å²) in [6.07, 6.45) is 7.42. The summed E-state index contributed by atoms with van der Waals surface area (Å²) in [5, 5.41) is 0. The fourth-order valence-electron chi connectivity index (χ4n) is 2.03. The van der Waals surface area contributed by atoms with Gasteiger partial charge in [0.05, 0.1) is 6.04 Å². The molecule has 2 N–H and O–H groups in total. The molecule has 2 aromatic heterocycles. The van der Waals surface area contributed by atoms with Crippen LogP contribution < -0.4 is 5.73 Å². The predicted octanol–water partition coefficient (Wildman–Crippen LogP) is 1.95. The van der Waals surface area contributed by atoms with Crippen molar-refractivity contribution in [2.45, 2.75) is 25.8 Å². The summed E-state index contributed by atoms with van der Waals surface area (Å²) in [4.78, 5) is 8.44. The molecule has 0 bridgehead atoms. The molecular weight excluding hydrogens is 212 g/mol. The molecule has 1 atom stereocenters. The van der Waals surface area contributed by atoms with Crippen LogP contribution in [0.15, 0.2) is 36.9 Å². The lowest BCUT2D eigenvalue weighted by Crippen LogP contribution is -2.22. The third-order valence-corrected chi connectivity index (χ3v) is 2.86. The lowest BCUT2D eigenvalue weighted by atomic mass is 10.1. The van der Waals surface area contributed by atoms with Crippen molar-refractivity contribution in [3.05, 3.63) is 48.3 Å². The van der Waals surface area contributed by atoms with Gasteiger partial charge in [0.15, 0.2) is 0 Å². The summed E-state index contributed by atoms with van der Waals surface area (Å²) >= 11 is 0. The molecule has 2 aromatic rings. The Bertz CT molecular complexity index is 461. The number of rotatable bonds is 4. The largest absolute Gasteiger partial charge is 0.328 e. The second-order valence-corrected chi connectivity index (χ2v) is 4.38. The number of nitrogens with two attached hydrogens (primary N) is 1. The Morgan fingerprint density at radius 1 is 1.24 bits per heavy atom. The van der Waals surface area contributed by atoms with Gasteiger partial charge in [0.1, 0.15) is 5.82 Å². The lowest BCUT2D eigenvalue weighted by Gasteiger charge is -2.20. The topological polar surface area (TPSA) is 56.7 Å². The highest BCUT2D eigenvalue weighted by Crippen LogP contribution is 2.22. The molecule has 17 heavy (non-hydrogen) atoms. The minimum Gasteiger partial charge on any atom is -0.328 e. The summed E-state index contributed by atoms with van der Waals surface area (Å²) in [5.41, 5.74) is 7.06. The van der Waals surface area contributed by atoms with Gasteiger partial charge in [-0.15, -0.1) is 0 Å². The molecule has 1 unspecified atom stereocenters. The molecule has 0 aromatic carbocycles. The molecule has 0 fully saturated rings. The highest BCUT2D eigenvalue weighted by atomic mass is 15.1. The van der Waals surface area contributed by atoms with E-state index in [1.807, 2.05) is 24.5 Å². The number of aromatic nitrogens is 3. The van der Waals surface area contributed by atoms with E-state index in [2.05, 4.69) is 28.4 Å². The summed E-state index contributed by atoms with van der Waals surface area (Å²) in [5.74, 6) is 1.46. The molecule has 0 saturated carbocycles. The first-order valence-corrected chi connectivity index (χ1v) is 5.86. The molecule has 0 spiro atoms. The van der Waals surface area contributed by atoms with Crippen molar-refractivity contribution in [3.8, 4) is 0 Å². The van der Waals surface area contributed by atoms with Crippen LogP contribution in [0, 0.1) is 0 Å². The van der Waals surface area contributed by atoms with E-state index in [1.54, 1.807) is 12.4 Å². The quantitative estimate of drug-likeness (QED) is 0.873. The molecule has 0 aliphatic heterocycles. The average Bonchev–Trinajstić information content (AvgIpc) is 2.81. The van der Waals surface area contributed by atoms with Crippen LogP contribution >= 0.6 is 0 Å². The van der Waals surface area contributed by atoms with E-state index >= 15 is 0 Å². The first-order chi connectivity index (χ1) is 8.24. The minimum atomic E-state index is 0.137. The van der Waals surface area contributed by atoms with Gasteiger partial charge < -0.3 is 10.3 Å².